The van der Waals surface area contributed by atoms with Gasteiger partial charge in [0.1, 0.15) is 12.4 Å². The summed E-state index contributed by atoms with van der Waals surface area (Å²) in [5.41, 5.74) is 4.28. The number of carbonyl (C=O) groups excluding carboxylic acids is 1. The fourth-order valence-electron chi connectivity index (χ4n) is 2.88. The van der Waals surface area contributed by atoms with E-state index in [1.807, 2.05) is 69.3 Å². The van der Waals surface area contributed by atoms with Crippen molar-refractivity contribution in [3.05, 3.63) is 70.8 Å². The van der Waals surface area contributed by atoms with Gasteiger partial charge in [-0.15, -0.1) is 0 Å². The summed E-state index contributed by atoms with van der Waals surface area (Å²) in [5, 5.41) is 10.5. The Bertz CT molecular complexity index is 757. The summed E-state index contributed by atoms with van der Waals surface area (Å²) in [7, 11) is 0. The highest BCUT2D eigenvalue weighted by atomic mass is 16.6. The fraction of sp³-hybridized carbons (Fsp3) is 0.286. The summed E-state index contributed by atoms with van der Waals surface area (Å²) < 4.78 is 10.7. The first kappa shape index (κ1) is 18.7. The molecule has 0 aliphatic heterocycles. The molecule has 0 aliphatic carbocycles. The second-order valence-electron chi connectivity index (χ2n) is 6.32. The molecule has 2 rings (SSSR count). The van der Waals surface area contributed by atoms with E-state index >= 15 is 0 Å². The average molecular weight is 340 g/mol. The topological polar surface area (TPSA) is 55.8 Å². The Labute approximate surface area is 148 Å². The van der Waals surface area contributed by atoms with Crippen molar-refractivity contribution in [2.45, 2.75) is 40.1 Å². The number of carbonyl (C=O) groups is 1. The van der Waals surface area contributed by atoms with Crippen molar-refractivity contribution in [3.8, 4) is 5.75 Å². The number of hydrogen-bond donors (Lipinski definition) is 1. The van der Waals surface area contributed by atoms with Crippen LogP contribution in [0.5, 0.6) is 5.75 Å². The van der Waals surface area contributed by atoms with E-state index in [1.54, 1.807) is 0 Å². The Morgan fingerprint density at radius 1 is 1.16 bits per heavy atom. The summed E-state index contributed by atoms with van der Waals surface area (Å²) in [6, 6.07) is 15.6. The van der Waals surface area contributed by atoms with Crippen molar-refractivity contribution < 1.29 is 19.4 Å². The molecule has 0 fully saturated rings. The average Bonchev–Trinajstić information content (AvgIpc) is 2.55. The van der Waals surface area contributed by atoms with E-state index in [0.717, 1.165) is 28.0 Å². The van der Waals surface area contributed by atoms with Gasteiger partial charge in [-0.25, -0.2) is 0 Å². The zero-order valence-corrected chi connectivity index (χ0v) is 15.1. The molecular formula is C21H24O4. The molecule has 0 aromatic heterocycles. The van der Waals surface area contributed by atoms with Crippen molar-refractivity contribution in [3.63, 3.8) is 0 Å². The van der Waals surface area contributed by atoms with Crippen LogP contribution in [0.25, 0.3) is 5.57 Å². The van der Waals surface area contributed by atoms with Gasteiger partial charge in [-0.2, -0.15) is 0 Å². The molecular weight excluding hydrogens is 316 g/mol. The molecule has 0 spiro atoms. The van der Waals surface area contributed by atoms with Gasteiger partial charge in [0.25, 0.3) is 6.47 Å². The minimum absolute atomic E-state index is 0.260. The highest BCUT2D eigenvalue weighted by Gasteiger charge is 2.30. The van der Waals surface area contributed by atoms with Gasteiger partial charge >= 0.3 is 0 Å². The SMILES string of the molecule is CC(C)=C(c1ccc(OCc2ccccc2)cc1C)C(C)(O)OC=O. The minimum atomic E-state index is -1.68. The maximum atomic E-state index is 10.7. The molecule has 132 valence electrons. The zero-order valence-electron chi connectivity index (χ0n) is 15.1. The molecule has 25 heavy (non-hydrogen) atoms. The van der Waals surface area contributed by atoms with Gasteiger partial charge in [0.2, 0.25) is 5.79 Å². The maximum Gasteiger partial charge on any atom is 0.295 e. The van der Waals surface area contributed by atoms with Crippen LogP contribution in [0.3, 0.4) is 0 Å². The van der Waals surface area contributed by atoms with Gasteiger partial charge in [-0.3, -0.25) is 4.79 Å². The molecule has 1 unspecified atom stereocenters. The van der Waals surface area contributed by atoms with Crippen LogP contribution in [0.15, 0.2) is 54.1 Å². The molecule has 2 aromatic rings. The van der Waals surface area contributed by atoms with Gasteiger partial charge in [0.05, 0.1) is 0 Å². The molecule has 1 atom stereocenters. The standard InChI is InChI=1S/C21H24O4/c1-15(2)20(21(4,23)25-14-22)19-11-10-18(12-16(19)3)24-13-17-8-6-5-7-9-17/h5-12,14,23H,13H2,1-4H3. The Kier molecular flexibility index (Phi) is 5.99. The maximum absolute atomic E-state index is 10.7. The van der Waals surface area contributed by atoms with E-state index in [0.29, 0.717) is 12.2 Å². The zero-order chi connectivity index (χ0) is 18.4. The van der Waals surface area contributed by atoms with E-state index in [9.17, 15) is 9.90 Å². The molecule has 4 heteroatoms. The lowest BCUT2D eigenvalue weighted by atomic mass is 9.91. The van der Waals surface area contributed by atoms with Crippen molar-refractivity contribution in [1.29, 1.82) is 0 Å². The fourth-order valence-corrected chi connectivity index (χ4v) is 2.88. The molecule has 0 aliphatic rings. The summed E-state index contributed by atoms with van der Waals surface area (Å²) in [5.74, 6) is -0.938. The monoisotopic (exact) mass is 340 g/mol. The van der Waals surface area contributed by atoms with Crippen LogP contribution in [0.1, 0.15) is 37.5 Å². The van der Waals surface area contributed by atoms with Crippen LogP contribution >= 0.6 is 0 Å². The second kappa shape index (κ2) is 7.99. The minimum Gasteiger partial charge on any atom is -0.489 e. The first-order valence-electron chi connectivity index (χ1n) is 8.14. The predicted molar refractivity (Wildman–Crippen MR) is 98.0 cm³/mol. The number of aryl methyl sites for hydroxylation is 1. The van der Waals surface area contributed by atoms with Gasteiger partial charge < -0.3 is 14.6 Å². The molecule has 0 amide bonds. The Hall–Kier alpha value is -2.59. The number of rotatable bonds is 7. The highest BCUT2D eigenvalue weighted by molar-refractivity contribution is 5.76. The molecule has 0 heterocycles. The number of hydrogen-bond acceptors (Lipinski definition) is 4. The molecule has 0 saturated carbocycles. The predicted octanol–water partition coefficient (Wildman–Crippen LogP) is 4.25. The molecule has 0 radical (unpaired) electrons. The van der Waals surface area contributed by atoms with Crippen LogP contribution in [0, 0.1) is 6.92 Å². The number of ether oxygens (including phenoxy) is 2. The van der Waals surface area contributed by atoms with Gasteiger partial charge in [0.15, 0.2) is 0 Å². The third kappa shape index (κ3) is 4.70. The second-order valence-corrected chi connectivity index (χ2v) is 6.32. The van der Waals surface area contributed by atoms with Crippen molar-refractivity contribution in [2.75, 3.05) is 0 Å². The number of aliphatic hydroxyl groups is 1. The molecule has 1 N–H and O–H groups in total. The Balaban J connectivity index is 2.26. The number of allylic oxidation sites excluding steroid dienone is 1. The third-order valence-corrected chi connectivity index (χ3v) is 3.96. The van der Waals surface area contributed by atoms with E-state index in [1.165, 1.54) is 6.92 Å². The Morgan fingerprint density at radius 3 is 2.40 bits per heavy atom. The summed E-state index contributed by atoms with van der Waals surface area (Å²) in [4.78, 5) is 10.7. The van der Waals surface area contributed by atoms with Crippen molar-refractivity contribution >= 4 is 12.0 Å². The quantitative estimate of drug-likeness (QED) is 0.605. The molecule has 2 aromatic carbocycles. The van der Waals surface area contributed by atoms with Crippen LogP contribution in [0.4, 0.5) is 0 Å². The van der Waals surface area contributed by atoms with Crippen LogP contribution in [-0.2, 0) is 16.1 Å². The normalized spacial score (nSPS) is 12.8. The summed E-state index contributed by atoms with van der Waals surface area (Å²) in [6.45, 7) is 7.89. The lowest BCUT2D eigenvalue weighted by Gasteiger charge is -2.27. The van der Waals surface area contributed by atoms with Crippen LogP contribution < -0.4 is 4.74 Å². The van der Waals surface area contributed by atoms with Gasteiger partial charge in [-0.1, -0.05) is 42.0 Å². The number of benzene rings is 2. The van der Waals surface area contributed by atoms with Gasteiger partial charge in [0, 0.05) is 12.5 Å². The van der Waals surface area contributed by atoms with E-state index in [4.69, 9.17) is 9.47 Å². The molecule has 4 nitrogen and oxygen atoms in total. The summed E-state index contributed by atoms with van der Waals surface area (Å²) >= 11 is 0. The van der Waals surface area contributed by atoms with Gasteiger partial charge in [-0.05, 0) is 49.6 Å². The van der Waals surface area contributed by atoms with Crippen LogP contribution in [-0.4, -0.2) is 17.4 Å². The smallest absolute Gasteiger partial charge is 0.295 e. The van der Waals surface area contributed by atoms with Crippen molar-refractivity contribution in [2.24, 2.45) is 0 Å². The third-order valence-electron chi connectivity index (χ3n) is 3.96. The van der Waals surface area contributed by atoms with E-state index in [-0.39, 0.29) is 6.47 Å². The van der Waals surface area contributed by atoms with E-state index in [2.05, 4.69) is 0 Å². The van der Waals surface area contributed by atoms with E-state index < -0.39 is 5.79 Å². The lowest BCUT2D eigenvalue weighted by molar-refractivity contribution is -0.165. The summed E-state index contributed by atoms with van der Waals surface area (Å²) in [6.07, 6.45) is 0. The van der Waals surface area contributed by atoms with Crippen LogP contribution in [0.2, 0.25) is 0 Å². The highest BCUT2D eigenvalue weighted by Crippen LogP contribution is 2.34. The molecule has 0 bridgehead atoms. The lowest BCUT2D eigenvalue weighted by Crippen LogP contribution is -2.30. The Morgan fingerprint density at radius 2 is 1.84 bits per heavy atom. The molecule has 0 saturated heterocycles. The first-order valence-corrected chi connectivity index (χ1v) is 8.14. The largest absolute Gasteiger partial charge is 0.489 e. The first-order chi connectivity index (χ1) is 11.8. The van der Waals surface area contributed by atoms with Crippen molar-refractivity contribution in [1.82, 2.24) is 0 Å².